The van der Waals surface area contributed by atoms with Crippen LogP contribution in [0, 0.1) is 0 Å². The molecule has 0 bridgehead atoms. The number of amides is 1. The smallest absolute Gasteiger partial charge is 0.414 e. The van der Waals surface area contributed by atoms with E-state index in [0.29, 0.717) is 17.9 Å². The van der Waals surface area contributed by atoms with Crippen molar-refractivity contribution in [2.45, 2.75) is 19.0 Å². The second-order valence-electron chi connectivity index (χ2n) is 7.59. The van der Waals surface area contributed by atoms with Gasteiger partial charge >= 0.3 is 12.1 Å². The van der Waals surface area contributed by atoms with Gasteiger partial charge in [-0.3, -0.25) is 4.98 Å². The van der Waals surface area contributed by atoms with Crippen molar-refractivity contribution in [3.05, 3.63) is 65.2 Å². The average molecular weight is 486 g/mol. The third kappa shape index (κ3) is 7.01. The summed E-state index contributed by atoms with van der Waals surface area (Å²) in [6.07, 6.45) is 3.03. The van der Waals surface area contributed by atoms with Gasteiger partial charge in [-0.05, 0) is 40.9 Å². The molecule has 1 amide bonds. The highest BCUT2D eigenvalue weighted by atomic mass is 35.5. The van der Waals surface area contributed by atoms with Crippen molar-refractivity contribution in [3.8, 4) is 5.75 Å². The fourth-order valence-corrected chi connectivity index (χ4v) is 3.04. The maximum Gasteiger partial charge on any atom is 0.414 e. The first-order valence-electron chi connectivity index (χ1n) is 10.2. The topological polar surface area (TPSA) is 134 Å². The van der Waals surface area contributed by atoms with Gasteiger partial charge in [0.1, 0.15) is 11.8 Å². The first-order valence-corrected chi connectivity index (χ1v) is 10.6. The van der Waals surface area contributed by atoms with Crippen LogP contribution in [-0.4, -0.2) is 69.2 Å². The molecule has 2 heterocycles. The number of benzene rings is 1. The highest BCUT2D eigenvalue weighted by Crippen LogP contribution is 2.18. The second kappa shape index (κ2) is 11.2. The van der Waals surface area contributed by atoms with Gasteiger partial charge in [-0.15, -0.1) is 0 Å². The molecule has 0 saturated heterocycles. The Morgan fingerprint density at radius 1 is 1.09 bits per heavy atom. The molecule has 0 aliphatic carbocycles. The number of pyridine rings is 1. The van der Waals surface area contributed by atoms with E-state index >= 15 is 0 Å². The molecule has 2 N–H and O–H groups in total. The zero-order chi connectivity index (χ0) is 24.7. The van der Waals surface area contributed by atoms with Gasteiger partial charge in [0.15, 0.2) is 0 Å². The first-order chi connectivity index (χ1) is 16.2. The zero-order valence-corrected chi connectivity index (χ0v) is 19.6. The number of hydrogen-bond donors (Lipinski definition) is 2. The summed E-state index contributed by atoms with van der Waals surface area (Å²) in [7, 11) is 4.94. The largest absolute Gasteiger partial charge is 0.480 e. The Balaban J connectivity index is 1.70. The molecule has 34 heavy (non-hydrogen) atoms. The maximum atomic E-state index is 11.9. The minimum Gasteiger partial charge on any atom is -0.480 e. The molecule has 0 aliphatic rings. The van der Waals surface area contributed by atoms with Gasteiger partial charge in [-0.2, -0.15) is 15.0 Å². The summed E-state index contributed by atoms with van der Waals surface area (Å²) in [4.78, 5) is 43.1. The minimum atomic E-state index is -1.09. The van der Waals surface area contributed by atoms with E-state index in [2.05, 4.69) is 25.3 Å². The summed E-state index contributed by atoms with van der Waals surface area (Å²) in [5.74, 6) is -0.419. The van der Waals surface area contributed by atoms with Crippen LogP contribution in [0.15, 0.2) is 48.8 Å². The van der Waals surface area contributed by atoms with Crippen LogP contribution in [0.5, 0.6) is 5.75 Å². The van der Waals surface area contributed by atoms with Crippen molar-refractivity contribution >= 4 is 35.6 Å². The minimum absolute atomic E-state index is 0.0389. The molecule has 12 heteroatoms. The van der Waals surface area contributed by atoms with Crippen LogP contribution < -0.4 is 15.0 Å². The predicted molar refractivity (Wildman–Crippen MR) is 126 cm³/mol. The first kappa shape index (κ1) is 24.6. The normalized spacial score (nSPS) is 11.4. The van der Waals surface area contributed by atoms with Gasteiger partial charge in [0, 0.05) is 46.5 Å². The van der Waals surface area contributed by atoms with E-state index in [1.54, 1.807) is 62.7 Å². The van der Waals surface area contributed by atoms with Crippen molar-refractivity contribution in [3.63, 3.8) is 0 Å². The number of halogens is 1. The number of carboxylic acids is 1. The summed E-state index contributed by atoms with van der Waals surface area (Å²) < 4.78 is 5.18. The summed E-state index contributed by atoms with van der Waals surface area (Å²) >= 11 is 6.07. The van der Waals surface area contributed by atoms with Crippen LogP contribution in [0.25, 0.3) is 0 Å². The van der Waals surface area contributed by atoms with Crippen LogP contribution in [0.4, 0.5) is 16.7 Å². The Morgan fingerprint density at radius 3 is 2.44 bits per heavy atom. The molecule has 1 atom stereocenters. The van der Waals surface area contributed by atoms with Crippen LogP contribution in [-0.2, 0) is 17.8 Å². The lowest BCUT2D eigenvalue weighted by Gasteiger charge is -2.19. The third-order valence-electron chi connectivity index (χ3n) is 4.62. The number of anilines is 2. The molecular weight excluding hydrogens is 462 g/mol. The number of rotatable bonds is 9. The van der Waals surface area contributed by atoms with Crippen LogP contribution >= 0.6 is 11.6 Å². The molecule has 1 aromatic carbocycles. The number of aliphatic carboxylic acids is 1. The Kier molecular flexibility index (Phi) is 8.14. The summed E-state index contributed by atoms with van der Waals surface area (Å²) in [5.41, 5.74) is 1.65. The molecule has 0 aliphatic heterocycles. The molecule has 0 fully saturated rings. The number of ether oxygens (including phenoxy) is 1. The van der Waals surface area contributed by atoms with E-state index in [4.69, 9.17) is 16.3 Å². The van der Waals surface area contributed by atoms with Gasteiger partial charge in [-0.25, -0.2) is 9.59 Å². The molecule has 178 valence electrons. The number of aromatic nitrogens is 4. The van der Waals surface area contributed by atoms with Gasteiger partial charge in [-0.1, -0.05) is 18.2 Å². The van der Waals surface area contributed by atoms with Crippen molar-refractivity contribution in [2.75, 3.05) is 31.4 Å². The van der Waals surface area contributed by atoms with Gasteiger partial charge in [0.2, 0.25) is 17.2 Å². The van der Waals surface area contributed by atoms with Crippen molar-refractivity contribution in [1.29, 1.82) is 0 Å². The Bertz CT molecular complexity index is 1130. The van der Waals surface area contributed by atoms with E-state index in [-0.39, 0.29) is 23.6 Å². The number of hydrogen-bond acceptors (Lipinski definition) is 9. The van der Waals surface area contributed by atoms with Crippen LogP contribution in [0.3, 0.4) is 0 Å². The monoisotopic (exact) mass is 485 g/mol. The summed E-state index contributed by atoms with van der Waals surface area (Å²) in [5, 5.41) is 12.5. The predicted octanol–water partition coefficient (Wildman–Crippen LogP) is 2.72. The molecule has 3 rings (SSSR count). The Labute approximate surface area is 201 Å². The van der Waals surface area contributed by atoms with Gasteiger partial charge in [0.05, 0.1) is 0 Å². The highest BCUT2D eigenvalue weighted by molar-refractivity contribution is 6.28. The molecule has 3 aromatic rings. The SMILES string of the molecule is CN(C)C(=O)Oc1ccc(C[C@H](Nc2nc(Cl)nc(N(C)Cc3cccnc3)n2)C(=O)O)cc1. The third-order valence-corrected chi connectivity index (χ3v) is 4.78. The quantitative estimate of drug-likeness (QED) is 0.465. The lowest BCUT2D eigenvalue weighted by Crippen LogP contribution is -2.32. The Hall–Kier alpha value is -3.99. The van der Waals surface area contributed by atoms with Crippen molar-refractivity contribution in [2.24, 2.45) is 0 Å². The summed E-state index contributed by atoms with van der Waals surface area (Å²) in [6.45, 7) is 0.473. The van der Waals surface area contributed by atoms with E-state index in [1.165, 1.54) is 4.90 Å². The van der Waals surface area contributed by atoms with Crippen LogP contribution in [0.2, 0.25) is 5.28 Å². The standard InChI is InChI=1S/C22H24ClN7O4/c1-29(2)22(33)34-16-8-6-14(7-9-16)11-17(18(31)32)25-20-26-19(23)27-21(28-20)30(3)13-15-5-4-10-24-12-15/h4-10,12,17H,11,13H2,1-3H3,(H,31,32)(H,25,26,27,28)/t17-/m0/s1. The fraction of sp³-hybridized carbons (Fsp3) is 0.273. The van der Waals surface area contributed by atoms with E-state index in [1.807, 2.05) is 12.1 Å². The maximum absolute atomic E-state index is 11.9. The lowest BCUT2D eigenvalue weighted by molar-refractivity contribution is -0.137. The lowest BCUT2D eigenvalue weighted by atomic mass is 10.1. The number of nitrogens with zero attached hydrogens (tertiary/aromatic N) is 6. The van der Waals surface area contributed by atoms with Crippen molar-refractivity contribution < 1.29 is 19.4 Å². The number of nitrogens with one attached hydrogen (secondary N) is 1. The van der Waals surface area contributed by atoms with E-state index in [9.17, 15) is 14.7 Å². The van der Waals surface area contributed by atoms with Crippen LogP contribution in [0.1, 0.15) is 11.1 Å². The summed E-state index contributed by atoms with van der Waals surface area (Å²) in [6, 6.07) is 9.27. The number of carbonyl (C=O) groups is 2. The number of carbonyl (C=O) groups excluding carboxylic acids is 1. The zero-order valence-electron chi connectivity index (χ0n) is 18.8. The average Bonchev–Trinajstić information content (AvgIpc) is 2.80. The van der Waals surface area contributed by atoms with E-state index in [0.717, 1.165) is 5.56 Å². The Morgan fingerprint density at radius 2 is 1.82 bits per heavy atom. The number of carboxylic acid groups (broad SMARTS) is 1. The van der Waals surface area contributed by atoms with Gasteiger partial charge in [0.25, 0.3) is 0 Å². The van der Waals surface area contributed by atoms with E-state index < -0.39 is 18.1 Å². The molecule has 0 saturated carbocycles. The highest BCUT2D eigenvalue weighted by Gasteiger charge is 2.21. The fourth-order valence-electron chi connectivity index (χ4n) is 2.89. The molecule has 11 nitrogen and oxygen atoms in total. The van der Waals surface area contributed by atoms with Crippen molar-refractivity contribution in [1.82, 2.24) is 24.8 Å². The second-order valence-corrected chi connectivity index (χ2v) is 7.93. The molecule has 2 aromatic heterocycles. The molecule has 0 spiro atoms. The molecule has 0 radical (unpaired) electrons. The molecule has 0 unspecified atom stereocenters. The molecular formula is C22H24ClN7O4. The van der Waals surface area contributed by atoms with Gasteiger partial charge < -0.3 is 25.0 Å².